The van der Waals surface area contributed by atoms with Gasteiger partial charge in [0.2, 0.25) is 6.20 Å². The number of aromatic nitrogens is 2. The van der Waals surface area contributed by atoms with Crippen molar-refractivity contribution >= 4 is 28.0 Å². The second kappa shape index (κ2) is 18.2. The first-order valence-corrected chi connectivity index (χ1v) is 17.5. The molecule has 0 amide bonds. The maximum atomic E-state index is 15.4. The van der Waals surface area contributed by atoms with E-state index in [1.54, 1.807) is 6.20 Å². The summed E-state index contributed by atoms with van der Waals surface area (Å²) in [6, 6.07) is 20.0. The maximum Gasteiger partial charge on any atom is 0.285 e. The van der Waals surface area contributed by atoms with Gasteiger partial charge in [-0.25, -0.2) is 92.8 Å². The van der Waals surface area contributed by atoms with Crippen LogP contribution in [0.15, 0.2) is 79.3 Å². The summed E-state index contributed by atoms with van der Waals surface area (Å²) >= 11 is 0. The summed E-state index contributed by atoms with van der Waals surface area (Å²) in [5.41, 5.74) is -13.1. The van der Waals surface area contributed by atoms with Gasteiger partial charge in [-0.05, 0) is 12.1 Å². The third-order valence-corrected chi connectivity index (χ3v) is 9.62. The van der Waals surface area contributed by atoms with E-state index in [1.807, 2.05) is 60.9 Å². The van der Waals surface area contributed by atoms with Crippen LogP contribution in [0.2, 0.25) is 0 Å². The molecule has 0 radical (unpaired) electrons. The van der Waals surface area contributed by atoms with Crippen molar-refractivity contribution in [2.24, 2.45) is 0 Å². The molecule has 0 aliphatic heterocycles. The lowest BCUT2D eigenvalue weighted by molar-refractivity contribution is -0.689. The van der Waals surface area contributed by atoms with Crippen molar-refractivity contribution in [3.8, 4) is 11.6 Å². The first-order chi connectivity index (χ1) is 30.6. The van der Waals surface area contributed by atoms with Crippen molar-refractivity contribution in [3.05, 3.63) is 201 Å². The van der Waals surface area contributed by atoms with Crippen LogP contribution in [0.5, 0.6) is 11.6 Å². The van der Waals surface area contributed by atoms with Crippen LogP contribution in [-0.2, 0) is 6.54 Å². The molecule has 7 aromatic rings. The van der Waals surface area contributed by atoms with Gasteiger partial charge in [-0.2, -0.15) is 4.57 Å². The molecule has 3 nitrogen and oxygen atoms in total. The Kier molecular flexibility index (Phi) is 13.2. The second-order valence-electron chi connectivity index (χ2n) is 13.3. The minimum atomic E-state index is -7.22. The van der Waals surface area contributed by atoms with Crippen molar-refractivity contribution in [2.45, 2.75) is 6.54 Å². The molecule has 0 fully saturated rings. The quantitative estimate of drug-likeness (QED) is 0.0500. The molecule has 0 aliphatic rings. The molecule has 0 atom stereocenters. The van der Waals surface area contributed by atoms with Crippen molar-refractivity contribution in [1.82, 2.24) is 4.98 Å². The SMILES string of the molecule is Fc1c(F)c(F)c([B-](c2c(F)c(F)c(F)c(F)c2F)(c2c(F)c(F)c(F)c(F)c2F)c2c(F)c(F)c(F)c(F)c2F)c(F)c1F.c1ccc(C[n+]2ccnc(Oc3ccccc3)c2)cc1. The first-order valence-electron chi connectivity index (χ1n) is 17.5. The number of nitrogens with zero attached hydrogens (tertiary/aromatic N) is 2. The highest BCUT2D eigenvalue weighted by Gasteiger charge is 2.52. The minimum Gasteiger partial charge on any atom is -0.434 e. The molecule has 1 heterocycles. The molecule has 0 spiro atoms. The molecule has 1 aromatic heterocycles. The van der Waals surface area contributed by atoms with Crippen LogP contribution in [0.1, 0.15) is 5.56 Å². The fourth-order valence-electron chi connectivity index (χ4n) is 6.84. The summed E-state index contributed by atoms with van der Waals surface area (Å²) in [7, 11) is 0. The van der Waals surface area contributed by atoms with Gasteiger partial charge in [0.25, 0.3) is 5.88 Å². The Labute approximate surface area is 349 Å². The topological polar surface area (TPSA) is 26.0 Å². The third kappa shape index (κ3) is 7.94. The van der Waals surface area contributed by atoms with Gasteiger partial charge in [-0.3, -0.25) is 0 Å². The van der Waals surface area contributed by atoms with E-state index in [0.29, 0.717) is 5.88 Å². The molecular formula is C41H15BF20N2O. The lowest BCUT2D eigenvalue weighted by atomic mass is 9.12. The van der Waals surface area contributed by atoms with Gasteiger partial charge in [-0.15, -0.1) is 21.9 Å². The summed E-state index contributed by atoms with van der Waals surface area (Å²) in [6.45, 7) is 0.800. The van der Waals surface area contributed by atoms with Crippen LogP contribution in [0.3, 0.4) is 0 Å². The van der Waals surface area contributed by atoms with Crippen molar-refractivity contribution in [3.63, 3.8) is 0 Å². The zero-order valence-corrected chi connectivity index (χ0v) is 31.2. The molecule has 0 N–H and O–H groups in total. The van der Waals surface area contributed by atoms with E-state index in [-0.39, 0.29) is 0 Å². The highest BCUT2D eigenvalue weighted by atomic mass is 19.2. The first kappa shape index (κ1) is 47.3. The standard InChI is InChI=1S/C24BF20.C17H15N2O/c26-5-1(6(27)14(35)21(42)13(5)34)25(2-7(28)15(36)22(43)16(37)8(2)29,3-9(30)17(38)23(44)18(39)10(3)31)4-11(32)19(40)24(45)20(41)12(4)33;1-3-7-15(8-4-1)13-19-12-11-18-17(14-19)20-16-9-5-2-6-10-16/h;1-12,14H,13H2/q-1;+1. The second-order valence-corrected chi connectivity index (χ2v) is 13.3. The van der Waals surface area contributed by atoms with E-state index >= 15 is 35.1 Å². The van der Waals surface area contributed by atoms with Crippen LogP contribution in [0.25, 0.3) is 0 Å². The van der Waals surface area contributed by atoms with Gasteiger partial charge >= 0.3 is 0 Å². The van der Waals surface area contributed by atoms with Crippen LogP contribution < -0.4 is 31.2 Å². The van der Waals surface area contributed by atoms with E-state index in [4.69, 9.17) is 4.74 Å². The average Bonchev–Trinajstić information content (AvgIpc) is 3.30. The molecule has 0 bridgehead atoms. The predicted molar refractivity (Wildman–Crippen MR) is 186 cm³/mol. The highest BCUT2D eigenvalue weighted by Crippen LogP contribution is 2.31. The summed E-state index contributed by atoms with van der Waals surface area (Å²) in [4.78, 5) is 4.23. The number of benzene rings is 6. The zero-order valence-electron chi connectivity index (χ0n) is 31.2. The Hall–Kier alpha value is -7.14. The van der Waals surface area contributed by atoms with Gasteiger partial charge in [0.1, 0.15) is 58.4 Å². The summed E-state index contributed by atoms with van der Waals surface area (Å²) in [5.74, 6) is -70.0. The third-order valence-electron chi connectivity index (χ3n) is 9.62. The lowest BCUT2D eigenvalue weighted by Crippen LogP contribution is -2.81. The molecule has 6 aromatic carbocycles. The molecular weight excluding hydrogens is 927 g/mol. The van der Waals surface area contributed by atoms with Crippen molar-refractivity contribution in [2.75, 3.05) is 0 Å². The molecule has 0 saturated carbocycles. The molecule has 0 aliphatic carbocycles. The number of halogens is 20. The Bertz CT molecular complexity index is 2560. The van der Waals surface area contributed by atoms with Gasteiger partial charge < -0.3 is 4.74 Å². The normalized spacial score (nSPS) is 11.4. The van der Waals surface area contributed by atoms with E-state index in [2.05, 4.69) is 21.7 Å². The fraction of sp³-hybridized carbons (Fsp3) is 0.0244. The van der Waals surface area contributed by atoms with Crippen molar-refractivity contribution in [1.29, 1.82) is 0 Å². The predicted octanol–water partition coefficient (Wildman–Crippen LogP) is 9.06. The van der Waals surface area contributed by atoms with Crippen LogP contribution >= 0.6 is 0 Å². The summed E-state index contributed by atoms with van der Waals surface area (Å²) < 4.78 is 302. The fourth-order valence-corrected chi connectivity index (χ4v) is 6.84. The summed E-state index contributed by atoms with van der Waals surface area (Å²) in [6.07, 6.45) is -1.63. The van der Waals surface area contributed by atoms with E-state index in [1.165, 1.54) is 5.56 Å². The number of ether oxygens (including phenoxy) is 1. The Balaban J connectivity index is 0.000000289. The van der Waals surface area contributed by atoms with Crippen LogP contribution in [0.4, 0.5) is 87.8 Å². The van der Waals surface area contributed by atoms with Crippen LogP contribution in [-0.4, -0.2) is 11.1 Å². The van der Waals surface area contributed by atoms with E-state index < -0.39 is 144 Å². The number of para-hydroxylation sites is 1. The Morgan fingerprint density at radius 2 is 0.646 bits per heavy atom. The largest absolute Gasteiger partial charge is 0.434 e. The summed E-state index contributed by atoms with van der Waals surface area (Å²) in [5, 5.41) is 0. The highest BCUT2D eigenvalue weighted by molar-refractivity contribution is 7.20. The molecule has 7 rings (SSSR count). The lowest BCUT2D eigenvalue weighted by Gasteiger charge is -2.44. The van der Waals surface area contributed by atoms with Gasteiger partial charge in [0, 0.05) is 5.56 Å². The zero-order chi connectivity index (χ0) is 48.0. The molecule has 0 unspecified atom stereocenters. The molecule has 24 heteroatoms. The van der Waals surface area contributed by atoms with Gasteiger partial charge in [-0.1, -0.05) is 48.5 Å². The number of hydrogen-bond donors (Lipinski definition) is 0. The minimum absolute atomic E-state index is 0.592. The maximum absolute atomic E-state index is 15.4. The Morgan fingerprint density at radius 3 is 0.954 bits per heavy atom. The van der Waals surface area contributed by atoms with Crippen LogP contribution in [0, 0.1) is 116 Å². The Morgan fingerprint density at radius 1 is 0.369 bits per heavy atom. The number of rotatable bonds is 8. The molecule has 65 heavy (non-hydrogen) atoms. The average molecular weight is 942 g/mol. The molecule has 338 valence electrons. The smallest absolute Gasteiger partial charge is 0.285 e. The van der Waals surface area contributed by atoms with E-state index in [9.17, 15) is 52.7 Å². The van der Waals surface area contributed by atoms with Gasteiger partial charge in [0.15, 0.2) is 82.5 Å². The number of hydrogen-bond acceptors (Lipinski definition) is 2. The van der Waals surface area contributed by atoms with E-state index in [0.717, 1.165) is 12.3 Å². The van der Waals surface area contributed by atoms with Crippen molar-refractivity contribution < 1.29 is 97.1 Å². The molecule has 0 saturated heterocycles. The monoisotopic (exact) mass is 942 g/mol. The van der Waals surface area contributed by atoms with Gasteiger partial charge in [0.05, 0.1) is 6.20 Å².